The number of carbonyl (C=O) groups excluding carboxylic acids is 2. The first-order valence-corrected chi connectivity index (χ1v) is 8.07. The van der Waals surface area contributed by atoms with Crippen LogP contribution in [0.2, 0.25) is 0 Å². The summed E-state index contributed by atoms with van der Waals surface area (Å²) in [6, 6.07) is 6.37. The highest BCUT2D eigenvalue weighted by Gasteiger charge is 2.17. The van der Waals surface area contributed by atoms with Crippen molar-refractivity contribution in [3.8, 4) is 0 Å². The Morgan fingerprint density at radius 3 is 2.64 bits per heavy atom. The van der Waals surface area contributed by atoms with E-state index in [1.807, 2.05) is 6.08 Å². The molecule has 3 rings (SSSR count). The Morgan fingerprint density at radius 2 is 1.96 bits per heavy atom. The van der Waals surface area contributed by atoms with Crippen molar-refractivity contribution < 1.29 is 19.1 Å². The van der Waals surface area contributed by atoms with Gasteiger partial charge >= 0.3 is 5.97 Å². The fourth-order valence-corrected chi connectivity index (χ4v) is 2.66. The topological polar surface area (TPSA) is 55.8 Å². The molecule has 0 atom stereocenters. The Hall–Kier alpha value is -3.08. The minimum absolute atomic E-state index is 0.189. The number of carbonyl (C=O) groups is 2. The molecule has 1 aromatic carbocycles. The molecule has 0 fully saturated rings. The summed E-state index contributed by atoms with van der Waals surface area (Å²) in [6.45, 7) is 0. The maximum Gasteiger partial charge on any atom is 0.337 e. The van der Waals surface area contributed by atoms with E-state index in [-0.39, 0.29) is 5.91 Å². The molecule has 5 nitrogen and oxygen atoms in total. The predicted octanol–water partition coefficient (Wildman–Crippen LogP) is 3.92. The average Bonchev–Trinajstić information content (AvgIpc) is 2.68. The maximum atomic E-state index is 12.6. The van der Waals surface area contributed by atoms with Gasteiger partial charge in [0.15, 0.2) is 0 Å². The van der Waals surface area contributed by atoms with Gasteiger partial charge < -0.3 is 9.47 Å². The molecule has 25 heavy (non-hydrogen) atoms. The number of benzene rings is 1. The van der Waals surface area contributed by atoms with Crippen LogP contribution in [-0.2, 0) is 9.47 Å². The van der Waals surface area contributed by atoms with Gasteiger partial charge in [0, 0.05) is 18.2 Å². The van der Waals surface area contributed by atoms with E-state index in [0.29, 0.717) is 17.5 Å². The maximum absolute atomic E-state index is 12.6. The van der Waals surface area contributed by atoms with Crippen molar-refractivity contribution in [3.63, 3.8) is 0 Å². The fraction of sp³-hybridized carbons (Fsp3) is 0.200. The van der Waals surface area contributed by atoms with Crippen molar-refractivity contribution in [1.82, 2.24) is 4.90 Å². The van der Waals surface area contributed by atoms with E-state index in [2.05, 4.69) is 16.9 Å². The van der Waals surface area contributed by atoms with Crippen molar-refractivity contribution in [3.05, 3.63) is 83.6 Å². The van der Waals surface area contributed by atoms with E-state index in [1.54, 1.807) is 36.7 Å². The zero-order chi connectivity index (χ0) is 17.6. The first-order chi connectivity index (χ1) is 12.2. The minimum atomic E-state index is -0.428. The Bertz CT molecular complexity index is 784. The molecule has 0 spiro atoms. The van der Waals surface area contributed by atoms with Crippen molar-refractivity contribution in [2.45, 2.75) is 19.3 Å². The molecular formula is C20H19NO4. The van der Waals surface area contributed by atoms with Crippen LogP contribution in [-0.4, -0.2) is 23.9 Å². The van der Waals surface area contributed by atoms with E-state index < -0.39 is 5.97 Å². The molecule has 128 valence electrons. The van der Waals surface area contributed by atoms with E-state index in [1.165, 1.54) is 23.8 Å². The Balaban J connectivity index is 1.71. The highest BCUT2D eigenvalue weighted by Crippen LogP contribution is 2.23. The molecule has 1 heterocycles. The molecule has 0 saturated carbocycles. The molecule has 1 amide bonds. The van der Waals surface area contributed by atoms with Gasteiger partial charge in [0.2, 0.25) is 0 Å². The number of allylic oxidation sites excluding steroid dienone is 4. The van der Waals surface area contributed by atoms with Gasteiger partial charge in [-0.05, 0) is 37.1 Å². The number of methoxy groups -OCH3 is 1. The number of rotatable bonds is 4. The normalized spacial score (nSPS) is 16.0. The highest BCUT2D eigenvalue weighted by atomic mass is 16.5. The molecule has 0 bridgehead atoms. The van der Waals surface area contributed by atoms with Crippen LogP contribution in [0.25, 0.3) is 0 Å². The van der Waals surface area contributed by atoms with E-state index >= 15 is 0 Å². The van der Waals surface area contributed by atoms with Gasteiger partial charge in [0.05, 0.1) is 18.9 Å². The van der Waals surface area contributed by atoms with E-state index in [4.69, 9.17) is 4.74 Å². The van der Waals surface area contributed by atoms with Gasteiger partial charge in [-0.3, -0.25) is 9.69 Å². The Labute approximate surface area is 146 Å². The minimum Gasteiger partial charge on any atom is -0.466 e. The largest absolute Gasteiger partial charge is 0.466 e. The second-order valence-electron chi connectivity index (χ2n) is 5.75. The quantitative estimate of drug-likeness (QED) is 0.781. The molecule has 0 radical (unpaired) electrons. The van der Waals surface area contributed by atoms with E-state index in [9.17, 15) is 9.59 Å². The molecule has 2 aliphatic rings. The lowest BCUT2D eigenvalue weighted by Gasteiger charge is -2.21. The standard InChI is InChI=1S/C20H19NO4/c1-24-20(23)17-9-7-16(8-10-17)19(22)21-11-12-25-18(14-21)13-15-5-3-2-4-6-15/h2-3,5,7-12,14H,4,6,13H2,1H3. The highest BCUT2D eigenvalue weighted by molar-refractivity contribution is 5.97. The number of nitrogens with zero attached hydrogens (tertiary/aromatic N) is 1. The van der Waals surface area contributed by atoms with Gasteiger partial charge in [0.25, 0.3) is 5.91 Å². The van der Waals surface area contributed by atoms with Crippen LogP contribution < -0.4 is 0 Å². The molecule has 5 heteroatoms. The summed E-state index contributed by atoms with van der Waals surface area (Å²) in [6.07, 6.45) is 13.8. The van der Waals surface area contributed by atoms with Gasteiger partial charge in [-0.25, -0.2) is 4.79 Å². The van der Waals surface area contributed by atoms with Crippen molar-refractivity contribution >= 4 is 11.9 Å². The smallest absolute Gasteiger partial charge is 0.337 e. The van der Waals surface area contributed by atoms with Crippen LogP contribution in [0, 0.1) is 0 Å². The molecule has 0 N–H and O–H groups in total. The lowest BCUT2D eigenvalue weighted by molar-refractivity contribution is 0.0600. The van der Waals surface area contributed by atoms with Crippen LogP contribution in [0.3, 0.4) is 0 Å². The third kappa shape index (κ3) is 4.07. The zero-order valence-electron chi connectivity index (χ0n) is 14.0. The molecule has 1 aliphatic carbocycles. The number of ether oxygens (including phenoxy) is 2. The van der Waals surface area contributed by atoms with Gasteiger partial charge in [-0.15, -0.1) is 0 Å². The summed E-state index contributed by atoms with van der Waals surface area (Å²) in [4.78, 5) is 25.6. The zero-order valence-corrected chi connectivity index (χ0v) is 14.0. The third-order valence-corrected chi connectivity index (χ3v) is 4.01. The van der Waals surface area contributed by atoms with E-state index in [0.717, 1.165) is 18.6 Å². The number of hydrogen-bond donors (Lipinski definition) is 0. The molecular weight excluding hydrogens is 318 g/mol. The predicted molar refractivity (Wildman–Crippen MR) is 93.3 cm³/mol. The third-order valence-electron chi connectivity index (χ3n) is 4.01. The van der Waals surface area contributed by atoms with Gasteiger partial charge in [0.1, 0.15) is 12.0 Å². The van der Waals surface area contributed by atoms with Crippen LogP contribution in [0.15, 0.2) is 72.5 Å². The summed E-state index contributed by atoms with van der Waals surface area (Å²) < 4.78 is 10.2. The lowest BCUT2D eigenvalue weighted by atomic mass is 10.0. The molecule has 0 unspecified atom stereocenters. The molecule has 0 saturated heterocycles. The number of esters is 1. The van der Waals surface area contributed by atoms with Crippen molar-refractivity contribution in [2.75, 3.05) is 7.11 Å². The summed E-state index contributed by atoms with van der Waals surface area (Å²) >= 11 is 0. The molecule has 1 aliphatic heterocycles. The first kappa shape index (κ1) is 16.8. The lowest BCUT2D eigenvalue weighted by Crippen LogP contribution is -2.23. The summed E-state index contributed by atoms with van der Waals surface area (Å²) in [5.41, 5.74) is 2.17. The first-order valence-electron chi connectivity index (χ1n) is 8.07. The van der Waals surface area contributed by atoms with Crippen LogP contribution in [0.1, 0.15) is 40.0 Å². The van der Waals surface area contributed by atoms with Gasteiger partial charge in [-0.1, -0.05) is 23.8 Å². The van der Waals surface area contributed by atoms with Crippen LogP contribution in [0.5, 0.6) is 0 Å². The van der Waals surface area contributed by atoms with Crippen LogP contribution >= 0.6 is 0 Å². The second kappa shape index (κ2) is 7.66. The fourth-order valence-electron chi connectivity index (χ4n) is 2.66. The summed E-state index contributed by atoms with van der Waals surface area (Å²) in [7, 11) is 1.32. The molecule has 1 aromatic rings. The number of hydrogen-bond acceptors (Lipinski definition) is 4. The number of amides is 1. The SMILES string of the molecule is COC(=O)c1ccc(C(=O)N2C=COC(CC3=CC=CCC3)=C2)cc1. The average molecular weight is 337 g/mol. The Morgan fingerprint density at radius 1 is 1.20 bits per heavy atom. The van der Waals surface area contributed by atoms with Crippen molar-refractivity contribution in [1.29, 1.82) is 0 Å². The second-order valence-corrected chi connectivity index (χ2v) is 5.75. The van der Waals surface area contributed by atoms with Crippen molar-refractivity contribution in [2.24, 2.45) is 0 Å². The molecule has 0 aromatic heterocycles. The monoisotopic (exact) mass is 337 g/mol. The summed E-state index contributed by atoms with van der Waals surface area (Å²) in [5, 5.41) is 0. The van der Waals surface area contributed by atoms with Crippen LogP contribution in [0.4, 0.5) is 0 Å². The summed E-state index contributed by atoms with van der Waals surface area (Å²) in [5.74, 6) is 0.108. The Kier molecular flexibility index (Phi) is 5.14. The van der Waals surface area contributed by atoms with Gasteiger partial charge in [-0.2, -0.15) is 0 Å².